The number of aliphatic hydroxyl groups excluding tert-OH is 1. The zero-order chi connectivity index (χ0) is 16.3. The zero-order valence-corrected chi connectivity index (χ0v) is 13.5. The van der Waals surface area contributed by atoms with Crippen molar-refractivity contribution in [2.24, 2.45) is 5.92 Å². The average molecular weight is 302 g/mol. The molecule has 0 heterocycles. The van der Waals surface area contributed by atoms with Crippen molar-refractivity contribution in [2.75, 3.05) is 6.61 Å². The topological polar surface area (TPSA) is 60.7 Å². The van der Waals surface area contributed by atoms with Gasteiger partial charge < -0.3 is 15.3 Å². The van der Waals surface area contributed by atoms with Gasteiger partial charge in [-0.15, -0.1) is 0 Å². The van der Waals surface area contributed by atoms with Gasteiger partial charge in [0.05, 0.1) is 6.61 Å². The van der Waals surface area contributed by atoms with Gasteiger partial charge in [0.15, 0.2) is 0 Å². The van der Waals surface area contributed by atoms with E-state index in [2.05, 4.69) is 19.6 Å². The van der Waals surface area contributed by atoms with E-state index in [-0.39, 0.29) is 29.9 Å². The molecule has 0 saturated carbocycles. The van der Waals surface area contributed by atoms with E-state index in [0.717, 1.165) is 36.0 Å². The monoisotopic (exact) mass is 302 g/mol. The Morgan fingerprint density at radius 1 is 1.27 bits per heavy atom. The Labute approximate surface area is 132 Å². The van der Waals surface area contributed by atoms with Gasteiger partial charge in [0, 0.05) is 11.5 Å². The second-order valence-corrected chi connectivity index (χ2v) is 6.32. The lowest BCUT2D eigenvalue weighted by Crippen LogP contribution is -2.19. The van der Waals surface area contributed by atoms with Crippen molar-refractivity contribution in [1.82, 2.24) is 0 Å². The summed E-state index contributed by atoms with van der Waals surface area (Å²) in [6.07, 6.45) is 5.27. The van der Waals surface area contributed by atoms with Gasteiger partial charge in [-0.2, -0.15) is 0 Å². The van der Waals surface area contributed by atoms with E-state index in [9.17, 15) is 15.3 Å². The Balaban J connectivity index is 2.43. The van der Waals surface area contributed by atoms with Crippen molar-refractivity contribution in [3.05, 3.63) is 47.1 Å². The smallest absolute Gasteiger partial charge is 0.123 e. The Hall–Kier alpha value is -1.74. The van der Waals surface area contributed by atoms with Gasteiger partial charge in [0.25, 0.3) is 0 Å². The molecule has 2 rings (SSSR count). The Bertz CT molecular complexity index is 563. The summed E-state index contributed by atoms with van der Waals surface area (Å²) in [6.45, 7) is 8.13. The van der Waals surface area contributed by atoms with Gasteiger partial charge in [-0.25, -0.2) is 0 Å². The van der Waals surface area contributed by atoms with Crippen LogP contribution < -0.4 is 0 Å². The average Bonchev–Trinajstić information content (AvgIpc) is 2.46. The molecule has 1 aromatic carbocycles. The van der Waals surface area contributed by atoms with Gasteiger partial charge >= 0.3 is 0 Å². The third kappa shape index (κ3) is 3.36. The highest BCUT2D eigenvalue weighted by Gasteiger charge is 2.31. The van der Waals surface area contributed by atoms with Crippen LogP contribution in [0.3, 0.4) is 0 Å². The van der Waals surface area contributed by atoms with Crippen LogP contribution in [0.2, 0.25) is 0 Å². The number of phenols is 2. The van der Waals surface area contributed by atoms with Crippen molar-refractivity contribution in [3.63, 3.8) is 0 Å². The fourth-order valence-corrected chi connectivity index (χ4v) is 3.44. The van der Waals surface area contributed by atoms with Gasteiger partial charge in [-0.05, 0) is 55.4 Å². The van der Waals surface area contributed by atoms with E-state index >= 15 is 0 Å². The number of aromatic hydroxyl groups is 2. The molecule has 0 fully saturated rings. The van der Waals surface area contributed by atoms with Crippen molar-refractivity contribution in [3.8, 4) is 11.5 Å². The number of benzene rings is 1. The van der Waals surface area contributed by atoms with Crippen LogP contribution in [0.15, 0.2) is 35.9 Å². The summed E-state index contributed by atoms with van der Waals surface area (Å²) in [5, 5.41) is 30.3. The highest BCUT2D eigenvalue weighted by molar-refractivity contribution is 5.50. The molecular formula is C19H26O3. The first-order valence-corrected chi connectivity index (χ1v) is 7.96. The third-order valence-electron chi connectivity index (χ3n) is 4.57. The molecule has 0 radical (unpaired) electrons. The van der Waals surface area contributed by atoms with Crippen LogP contribution in [0, 0.1) is 5.92 Å². The molecular weight excluding hydrogens is 276 g/mol. The van der Waals surface area contributed by atoms with Crippen LogP contribution in [-0.4, -0.2) is 21.9 Å². The molecule has 2 atom stereocenters. The number of allylic oxidation sites excluding steroid dienone is 2. The van der Waals surface area contributed by atoms with Crippen LogP contribution in [0.25, 0.3) is 0 Å². The van der Waals surface area contributed by atoms with Gasteiger partial charge in [-0.1, -0.05) is 31.6 Å². The van der Waals surface area contributed by atoms with Crippen LogP contribution in [0.1, 0.15) is 50.2 Å². The fourth-order valence-electron chi connectivity index (χ4n) is 3.44. The molecule has 1 aromatic rings. The first-order valence-electron chi connectivity index (χ1n) is 7.96. The molecule has 0 unspecified atom stereocenters. The summed E-state index contributed by atoms with van der Waals surface area (Å²) in [7, 11) is 0. The van der Waals surface area contributed by atoms with E-state index in [1.54, 1.807) is 12.1 Å². The van der Waals surface area contributed by atoms with Gasteiger partial charge in [0.2, 0.25) is 0 Å². The van der Waals surface area contributed by atoms with E-state index in [0.29, 0.717) is 12.0 Å². The summed E-state index contributed by atoms with van der Waals surface area (Å²) in [5.41, 5.74) is 3.53. The minimum atomic E-state index is -0.0414. The van der Waals surface area contributed by atoms with E-state index in [1.807, 2.05) is 6.92 Å². The highest BCUT2D eigenvalue weighted by Crippen LogP contribution is 2.47. The first-order chi connectivity index (χ1) is 10.5. The minimum absolute atomic E-state index is 0.0227. The lowest BCUT2D eigenvalue weighted by atomic mass is 9.72. The molecule has 0 bridgehead atoms. The molecule has 3 heteroatoms. The van der Waals surface area contributed by atoms with E-state index < -0.39 is 0 Å². The lowest BCUT2D eigenvalue weighted by Gasteiger charge is -2.33. The van der Waals surface area contributed by atoms with Crippen LogP contribution in [0.5, 0.6) is 11.5 Å². The molecule has 0 aromatic heterocycles. The molecule has 0 saturated heterocycles. The SMILES string of the molecule is C=C(C)[C@@H]1CC=C(CO)C[C@H]1c1c(O)cc(CCC)cc1O. The lowest BCUT2D eigenvalue weighted by molar-refractivity contribution is 0.309. The van der Waals surface area contributed by atoms with Crippen molar-refractivity contribution >= 4 is 0 Å². The normalized spacial score (nSPS) is 21.5. The molecule has 0 amide bonds. The molecule has 1 aliphatic carbocycles. The summed E-state index contributed by atoms with van der Waals surface area (Å²) >= 11 is 0. The fraction of sp³-hybridized carbons (Fsp3) is 0.474. The number of aliphatic hydroxyl groups is 1. The maximum Gasteiger partial charge on any atom is 0.123 e. The van der Waals surface area contributed by atoms with E-state index in [1.165, 1.54) is 0 Å². The van der Waals surface area contributed by atoms with Crippen molar-refractivity contribution < 1.29 is 15.3 Å². The number of aryl methyl sites for hydroxylation is 1. The summed E-state index contributed by atoms with van der Waals surface area (Å²) < 4.78 is 0. The number of hydrogen-bond acceptors (Lipinski definition) is 3. The van der Waals surface area contributed by atoms with Crippen LogP contribution >= 0.6 is 0 Å². The molecule has 1 aliphatic rings. The number of hydrogen-bond donors (Lipinski definition) is 3. The first kappa shape index (κ1) is 16.6. The van der Waals surface area contributed by atoms with Gasteiger partial charge in [-0.3, -0.25) is 0 Å². The highest BCUT2D eigenvalue weighted by atomic mass is 16.3. The Morgan fingerprint density at radius 2 is 1.91 bits per heavy atom. The quantitative estimate of drug-likeness (QED) is 0.719. The van der Waals surface area contributed by atoms with Crippen molar-refractivity contribution in [2.45, 2.75) is 45.4 Å². The summed E-state index contributed by atoms with van der Waals surface area (Å²) in [4.78, 5) is 0. The summed E-state index contributed by atoms with van der Waals surface area (Å²) in [5.74, 6) is 0.433. The minimum Gasteiger partial charge on any atom is -0.508 e. The van der Waals surface area contributed by atoms with Gasteiger partial charge in [0.1, 0.15) is 11.5 Å². The molecule has 0 aliphatic heterocycles. The summed E-state index contributed by atoms with van der Waals surface area (Å²) in [6, 6.07) is 3.51. The molecule has 22 heavy (non-hydrogen) atoms. The Kier molecular flexibility index (Phi) is 5.30. The number of phenolic OH excluding ortho intramolecular Hbond substituents is 2. The second kappa shape index (κ2) is 7.01. The predicted octanol–water partition coefficient (Wildman–Crippen LogP) is 4.04. The predicted molar refractivity (Wildman–Crippen MR) is 89.2 cm³/mol. The van der Waals surface area contributed by atoms with Crippen LogP contribution in [-0.2, 0) is 6.42 Å². The molecule has 3 N–H and O–H groups in total. The van der Waals surface area contributed by atoms with E-state index in [4.69, 9.17) is 0 Å². The molecule has 0 spiro atoms. The van der Waals surface area contributed by atoms with Crippen molar-refractivity contribution in [1.29, 1.82) is 0 Å². The molecule has 3 nitrogen and oxygen atoms in total. The Morgan fingerprint density at radius 3 is 2.41 bits per heavy atom. The number of rotatable bonds is 5. The second-order valence-electron chi connectivity index (χ2n) is 6.32. The molecule has 120 valence electrons. The maximum absolute atomic E-state index is 10.4. The largest absolute Gasteiger partial charge is 0.508 e. The zero-order valence-electron chi connectivity index (χ0n) is 13.5. The maximum atomic E-state index is 10.4. The van der Waals surface area contributed by atoms with Crippen LogP contribution in [0.4, 0.5) is 0 Å². The third-order valence-corrected chi connectivity index (χ3v) is 4.57. The standard InChI is InChI=1S/C19H26O3/c1-4-5-13-9-17(21)19(18(22)10-13)16-8-14(11-20)6-7-15(16)12(2)3/h6,9-10,15-16,20-22H,2,4-5,7-8,11H2,1,3H3/t15-,16+/m0/s1.